The first-order valence-corrected chi connectivity index (χ1v) is 4.86. The van der Waals surface area contributed by atoms with Crippen LogP contribution in [0.5, 0.6) is 5.75 Å². The molecule has 0 aliphatic heterocycles. The van der Waals surface area contributed by atoms with Gasteiger partial charge in [0.2, 0.25) is 0 Å². The van der Waals surface area contributed by atoms with Crippen molar-refractivity contribution in [2.24, 2.45) is 0 Å². The first-order valence-electron chi connectivity index (χ1n) is 4.48. The van der Waals surface area contributed by atoms with Gasteiger partial charge >= 0.3 is 5.97 Å². The highest BCUT2D eigenvalue weighted by atomic mass is 35.5. The maximum Gasteiger partial charge on any atom is 0.341 e. The van der Waals surface area contributed by atoms with Crippen LogP contribution in [0.3, 0.4) is 0 Å². The zero-order valence-corrected chi connectivity index (χ0v) is 9.90. The van der Waals surface area contributed by atoms with Crippen molar-refractivity contribution in [2.45, 2.75) is 20.8 Å². The molecular formula is C11H13ClO3. The van der Waals surface area contributed by atoms with Gasteiger partial charge < -0.3 is 9.84 Å². The van der Waals surface area contributed by atoms with E-state index in [0.717, 1.165) is 11.1 Å². The number of aromatic hydroxyl groups is 1. The summed E-state index contributed by atoms with van der Waals surface area (Å²) in [5, 5.41) is 9.96. The summed E-state index contributed by atoms with van der Waals surface area (Å²) in [6.07, 6.45) is 0. The van der Waals surface area contributed by atoms with Gasteiger partial charge in [0, 0.05) is 0 Å². The average molecular weight is 229 g/mol. The fraction of sp³-hybridized carbons (Fsp3) is 0.364. The Kier molecular flexibility index (Phi) is 3.25. The van der Waals surface area contributed by atoms with Crippen LogP contribution >= 0.6 is 11.6 Å². The Morgan fingerprint density at radius 1 is 1.20 bits per heavy atom. The number of methoxy groups -OCH3 is 1. The van der Waals surface area contributed by atoms with E-state index >= 15 is 0 Å². The number of carbonyl (C=O) groups excluding carboxylic acids is 1. The highest BCUT2D eigenvalue weighted by Gasteiger charge is 2.21. The number of phenols is 1. The van der Waals surface area contributed by atoms with Gasteiger partial charge in [-0.05, 0) is 37.5 Å². The van der Waals surface area contributed by atoms with Crippen molar-refractivity contribution in [2.75, 3.05) is 7.11 Å². The van der Waals surface area contributed by atoms with E-state index in [1.54, 1.807) is 13.8 Å². The van der Waals surface area contributed by atoms with Crippen LogP contribution in [0.4, 0.5) is 0 Å². The number of ether oxygens (including phenoxy) is 1. The normalized spacial score (nSPS) is 10.2. The van der Waals surface area contributed by atoms with Gasteiger partial charge in [0.05, 0.1) is 12.1 Å². The lowest BCUT2D eigenvalue weighted by molar-refractivity contribution is 0.0596. The monoisotopic (exact) mass is 228 g/mol. The number of hydrogen-bond acceptors (Lipinski definition) is 3. The molecule has 15 heavy (non-hydrogen) atoms. The van der Waals surface area contributed by atoms with Gasteiger partial charge in [0.25, 0.3) is 0 Å². The highest BCUT2D eigenvalue weighted by Crippen LogP contribution is 2.36. The van der Waals surface area contributed by atoms with Crippen molar-refractivity contribution in [3.8, 4) is 5.75 Å². The van der Waals surface area contributed by atoms with Crippen molar-refractivity contribution in [1.29, 1.82) is 0 Å². The molecule has 0 spiro atoms. The fourth-order valence-corrected chi connectivity index (χ4v) is 1.69. The Morgan fingerprint density at radius 2 is 1.73 bits per heavy atom. The van der Waals surface area contributed by atoms with Crippen LogP contribution in [0.15, 0.2) is 0 Å². The van der Waals surface area contributed by atoms with E-state index in [1.807, 2.05) is 6.92 Å². The van der Waals surface area contributed by atoms with Crippen LogP contribution in [0, 0.1) is 20.8 Å². The van der Waals surface area contributed by atoms with Gasteiger partial charge in [-0.1, -0.05) is 11.6 Å². The molecule has 82 valence electrons. The Hall–Kier alpha value is -1.22. The third kappa shape index (κ3) is 1.79. The lowest BCUT2D eigenvalue weighted by atomic mass is 9.97. The molecule has 0 fully saturated rings. The van der Waals surface area contributed by atoms with Gasteiger partial charge in [0.15, 0.2) is 0 Å². The number of carbonyl (C=O) groups is 1. The summed E-state index contributed by atoms with van der Waals surface area (Å²) in [6, 6.07) is 0. The van der Waals surface area contributed by atoms with Gasteiger partial charge in [-0.2, -0.15) is 0 Å². The molecule has 1 aromatic rings. The molecule has 0 radical (unpaired) electrons. The molecule has 3 nitrogen and oxygen atoms in total. The van der Waals surface area contributed by atoms with Gasteiger partial charge in [-0.3, -0.25) is 0 Å². The number of rotatable bonds is 1. The Labute approximate surface area is 93.6 Å². The summed E-state index contributed by atoms with van der Waals surface area (Å²) in [6.45, 7) is 5.40. The number of esters is 1. The van der Waals surface area contributed by atoms with E-state index in [0.29, 0.717) is 5.56 Å². The predicted molar refractivity (Wildman–Crippen MR) is 58.7 cm³/mol. The molecule has 1 aromatic carbocycles. The third-order valence-electron chi connectivity index (χ3n) is 2.66. The summed E-state index contributed by atoms with van der Waals surface area (Å²) in [7, 11) is 1.27. The molecule has 0 bridgehead atoms. The lowest BCUT2D eigenvalue weighted by Gasteiger charge is -2.14. The molecule has 0 heterocycles. The average Bonchev–Trinajstić information content (AvgIpc) is 2.23. The number of benzene rings is 1. The molecule has 1 N–H and O–H groups in total. The van der Waals surface area contributed by atoms with Crippen LogP contribution in [0.1, 0.15) is 27.0 Å². The molecule has 0 aliphatic carbocycles. The smallest absolute Gasteiger partial charge is 0.341 e. The second kappa shape index (κ2) is 4.11. The second-order valence-corrected chi connectivity index (χ2v) is 3.78. The molecule has 0 unspecified atom stereocenters. The summed E-state index contributed by atoms with van der Waals surface area (Å²) < 4.78 is 4.59. The topological polar surface area (TPSA) is 46.5 Å². The molecule has 1 rings (SSSR count). The predicted octanol–water partition coefficient (Wildman–Crippen LogP) is 2.76. The Morgan fingerprint density at radius 3 is 2.20 bits per heavy atom. The van der Waals surface area contributed by atoms with Crippen molar-refractivity contribution in [3.63, 3.8) is 0 Å². The zero-order chi connectivity index (χ0) is 11.7. The van der Waals surface area contributed by atoms with Crippen molar-refractivity contribution >= 4 is 17.6 Å². The van der Waals surface area contributed by atoms with Crippen LogP contribution in [-0.2, 0) is 4.74 Å². The number of hydrogen-bond donors (Lipinski definition) is 1. The van der Waals surface area contributed by atoms with Crippen LogP contribution < -0.4 is 0 Å². The van der Waals surface area contributed by atoms with Gasteiger partial charge in [-0.25, -0.2) is 4.79 Å². The molecule has 0 saturated carbocycles. The van der Waals surface area contributed by atoms with Gasteiger partial charge in [-0.15, -0.1) is 0 Å². The lowest BCUT2D eigenvalue weighted by Crippen LogP contribution is -2.07. The molecule has 4 heteroatoms. The Bertz CT molecular complexity index is 395. The summed E-state index contributed by atoms with van der Waals surface area (Å²) in [5.74, 6) is -0.779. The first-order chi connectivity index (χ1) is 6.91. The molecule has 0 aliphatic rings. The highest BCUT2D eigenvalue weighted by molar-refractivity contribution is 6.33. The summed E-state index contributed by atoms with van der Waals surface area (Å²) in [4.78, 5) is 11.4. The van der Waals surface area contributed by atoms with E-state index in [1.165, 1.54) is 7.11 Å². The first kappa shape index (κ1) is 11.9. The minimum absolute atomic E-state index is 0.144. The molecule has 0 saturated heterocycles. The van der Waals surface area contributed by atoms with Crippen molar-refractivity contribution in [3.05, 3.63) is 27.3 Å². The standard InChI is InChI=1S/C11H13ClO3/c1-5-6(2)8(11(14)15-4)10(13)9(12)7(5)3/h13H,1-4H3. The zero-order valence-electron chi connectivity index (χ0n) is 9.14. The quantitative estimate of drug-likeness (QED) is 0.752. The van der Waals surface area contributed by atoms with Crippen LogP contribution in [0.25, 0.3) is 0 Å². The van der Waals surface area contributed by atoms with E-state index in [-0.39, 0.29) is 16.3 Å². The second-order valence-electron chi connectivity index (χ2n) is 3.40. The van der Waals surface area contributed by atoms with E-state index < -0.39 is 5.97 Å². The minimum atomic E-state index is -0.574. The molecule has 0 aromatic heterocycles. The third-order valence-corrected chi connectivity index (χ3v) is 3.13. The van der Waals surface area contributed by atoms with E-state index in [2.05, 4.69) is 4.74 Å². The maximum absolute atomic E-state index is 11.4. The molecule has 0 amide bonds. The van der Waals surface area contributed by atoms with E-state index in [9.17, 15) is 9.90 Å². The number of phenolic OH excluding ortho intramolecular Hbond substituents is 1. The molecule has 0 atom stereocenters. The Balaban J connectivity index is 3.60. The minimum Gasteiger partial charge on any atom is -0.505 e. The summed E-state index contributed by atoms with van der Waals surface area (Å²) in [5.41, 5.74) is 2.50. The van der Waals surface area contributed by atoms with Crippen molar-refractivity contribution < 1.29 is 14.6 Å². The van der Waals surface area contributed by atoms with E-state index in [4.69, 9.17) is 11.6 Å². The van der Waals surface area contributed by atoms with Crippen LogP contribution in [0.2, 0.25) is 5.02 Å². The summed E-state index contributed by atoms with van der Waals surface area (Å²) >= 11 is 5.90. The SMILES string of the molecule is COC(=O)c1c(C)c(C)c(C)c(Cl)c1O. The molecular weight excluding hydrogens is 216 g/mol. The maximum atomic E-state index is 11.4. The van der Waals surface area contributed by atoms with Gasteiger partial charge in [0.1, 0.15) is 11.3 Å². The largest absolute Gasteiger partial charge is 0.505 e. The fourth-order valence-electron chi connectivity index (χ4n) is 1.45. The number of halogens is 1. The van der Waals surface area contributed by atoms with Crippen LogP contribution in [-0.4, -0.2) is 18.2 Å². The van der Waals surface area contributed by atoms with Crippen molar-refractivity contribution in [1.82, 2.24) is 0 Å².